The van der Waals surface area contributed by atoms with Crippen LogP contribution in [0.4, 0.5) is 5.82 Å². The number of aliphatic hydroxyl groups is 1. The van der Waals surface area contributed by atoms with E-state index in [0.717, 1.165) is 0 Å². The number of nitrogens with zero attached hydrogens (tertiary/aromatic N) is 4. The summed E-state index contributed by atoms with van der Waals surface area (Å²) in [6.07, 6.45) is 0.977. The van der Waals surface area contributed by atoms with E-state index in [1.807, 2.05) is 6.92 Å². The number of fused-ring (bicyclic) bond motifs is 1. The highest BCUT2D eigenvalue weighted by Crippen LogP contribution is 2.33. The van der Waals surface area contributed by atoms with Crippen molar-refractivity contribution >= 4 is 17.0 Å². The zero-order valence-corrected chi connectivity index (χ0v) is 11.3. The Morgan fingerprint density at radius 2 is 2.25 bits per heavy atom. The van der Waals surface area contributed by atoms with Crippen LogP contribution in [0.5, 0.6) is 0 Å². The number of nitrogen functional groups attached to an aromatic ring is 1. The highest BCUT2D eigenvalue weighted by molar-refractivity contribution is 5.81. The molecule has 1 saturated heterocycles. The highest BCUT2D eigenvalue weighted by Gasteiger charge is 2.43. The van der Waals surface area contributed by atoms with Gasteiger partial charge in [-0.15, -0.1) is 0 Å². The maximum Gasteiger partial charge on any atom is 0.167 e. The van der Waals surface area contributed by atoms with Crippen molar-refractivity contribution in [3.63, 3.8) is 0 Å². The van der Waals surface area contributed by atoms with Crippen LogP contribution in [0.25, 0.3) is 11.2 Å². The van der Waals surface area contributed by atoms with Gasteiger partial charge in [0.15, 0.2) is 17.7 Å². The van der Waals surface area contributed by atoms with Crippen LogP contribution in [0.3, 0.4) is 0 Å². The second-order valence-electron chi connectivity index (χ2n) is 4.73. The predicted octanol–water partition coefficient (Wildman–Crippen LogP) is 0.0918. The largest absolute Gasteiger partial charge is 0.388 e. The van der Waals surface area contributed by atoms with E-state index in [2.05, 4.69) is 15.0 Å². The van der Waals surface area contributed by atoms with E-state index in [4.69, 9.17) is 15.2 Å². The van der Waals surface area contributed by atoms with E-state index in [9.17, 15) is 5.11 Å². The topological polar surface area (TPSA) is 108 Å². The maximum atomic E-state index is 10.1. The number of nitrogens with two attached hydrogens (primary N) is 1. The third-order valence-electron chi connectivity index (χ3n) is 3.47. The van der Waals surface area contributed by atoms with Crippen molar-refractivity contribution in [3.8, 4) is 0 Å². The molecule has 108 valence electrons. The van der Waals surface area contributed by atoms with E-state index in [1.165, 1.54) is 6.33 Å². The maximum absolute atomic E-state index is 10.1. The molecule has 1 aliphatic rings. The van der Waals surface area contributed by atoms with Crippen molar-refractivity contribution in [2.45, 2.75) is 38.4 Å². The van der Waals surface area contributed by atoms with Gasteiger partial charge < -0.3 is 20.3 Å². The number of ether oxygens (including phenoxy) is 2. The van der Waals surface area contributed by atoms with Crippen molar-refractivity contribution in [2.75, 3.05) is 12.3 Å². The Morgan fingerprint density at radius 3 is 3.00 bits per heavy atom. The first-order valence-corrected chi connectivity index (χ1v) is 6.51. The normalized spacial score (nSPS) is 30.1. The second kappa shape index (κ2) is 4.97. The molecule has 2 aromatic rings. The number of aliphatic hydroxyl groups excluding tert-OH is 1. The summed E-state index contributed by atoms with van der Waals surface area (Å²) in [5.41, 5.74) is 6.85. The van der Waals surface area contributed by atoms with E-state index in [0.29, 0.717) is 23.6 Å². The molecule has 3 unspecified atom stereocenters. The van der Waals surface area contributed by atoms with E-state index in [-0.39, 0.29) is 6.10 Å². The number of aromatic nitrogens is 4. The van der Waals surface area contributed by atoms with Crippen LogP contribution < -0.4 is 5.73 Å². The fourth-order valence-electron chi connectivity index (χ4n) is 2.47. The number of hydrogen-bond acceptors (Lipinski definition) is 7. The first-order valence-electron chi connectivity index (χ1n) is 6.51. The summed E-state index contributed by atoms with van der Waals surface area (Å²) in [5, 5.41) is 10.1. The number of rotatable bonds is 3. The lowest BCUT2D eigenvalue weighted by Crippen LogP contribution is -2.33. The van der Waals surface area contributed by atoms with E-state index in [1.54, 1.807) is 17.8 Å². The van der Waals surface area contributed by atoms with Crippen LogP contribution in [-0.2, 0) is 9.47 Å². The highest BCUT2D eigenvalue weighted by atomic mass is 16.6. The van der Waals surface area contributed by atoms with Gasteiger partial charge in [0.05, 0.1) is 12.4 Å². The lowest BCUT2D eigenvalue weighted by Gasteiger charge is -2.21. The minimum Gasteiger partial charge on any atom is -0.388 e. The van der Waals surface area contributed by atoms with E-state index >= 15 is 0 Å². The van der Waals surface area contributed by atoms with Gasteiger partial charge in [0.2, 0.25) is 0 Å². The standard InChI is InChI=1S/C12H17N5O3/c1-3-19-9-8(18)6(2)20-12(9)17-5-16-7-10(13)14-4-15-11(7)17/h4-6,8-9,12,18H,3H2,1-2H3,(H2,13,14,15)/t6?,8-,9?,12?/m1/s1. The minimum absolute atomic E-state index is 0.313. The monoisotopic (exact) mass is 279 g/mol. The van der Waals surface area contributed by atoms with Gasteiger partial charge in [-0.1, -0.05) is 0 Å². The van der Waals surface area contributed by atoms with Gasteiger partial charge in [0.25, 0.3) is 0 Å². The van der Waals surface area contributed by atoms with Gasteiger partial charge in [0.1, 0.15) is 24.1 Å². The van der Waals surface area contributed by atoms with Gasteiger partial charge >= 0.3 is 0 Å². The Hall–Kier alpha value is -1.77. The fraction of sp³-hybridized carbons (Fsp3) is 0.583. The van der Waals surface area contributed by atoms with Crippen molar-refractivity contribution in [3.05, 3.63) is 12.7 Å². The Labute approximate surface area is 115 Å². The SMILES string of the molecule is CCOC1C(n2cnc3c(N)ncnc32)OC(C)[C@H]1O. The van der Waals surface area contributed by atoms with Crippen LogP contribution in [0.1, 0.15) is 20.1 Å². The first-order chi connectivity index (χ1) is 9.63. The zero-order valence-electron chi connectivity index (χ0n) is 11.3. The quantitative estimate of drug-likeness (QED) is 0.819. The lowest BCUT2D eigenvalue weighted by molar-refractivity contribution is -0.0622. The molecule has 8 heteroatoms. The minimum atomic E-state index is -0.698. The van der Waals surface area contributed by atoms with Crippen LogP contribution >= 0.6 is 0 Å². The summed E-state index contributed by atoms with van der Waals surface area (Å²) in [4.78, 5) is 12.3. The third-order valence-corrected chi connectivity index (χ3v) is 3.47. The molecule has 3 N–H and O–H groups in total. The molecule has 8 nitrogen and oxygen atoms in total. The Bertz CT molecular complexity index is 616. The van der Waals surface area contributed by atoms with Crippen molar-refractivity contribution < 1.29 is 14.6 Å². The molecule has 3 heterocycles. The molecular formula is C12H17N5O3. The number of imidazole rings is 1. The number of anilines is 1. The Kier molecular flexibility index (Phi) is 3.28. The van der Waals surface area contributed by atoms with Crippen molar-refractivity contribution in [2.24, 2.45) is 0 Å². The van der Waals surface area contributed by atoms with Crippen LogP contribution in [0.15, 0.2) is 12.7 Å². The molecule has 0 spiro atoms. The smallest absolute Gasteiger partial charge is 0.167 e. The summed E-state index contributed by atoms with van der Waals surface area (Å²) in [6, 6.07) is 0. The second-order valence-corrected chi connectivity index (χ2v) is 4.73. The van der Waals surface area contributed by atoms with Crippen molar-refractivity contribution in [1.29, 1.82) is 0 Å². The molecule has 4 atom stereocenters. The molecule has 0 radical (unpaired) electrons. The van der Waals surface area contributed by atoms with Crippen molar-refractivity contribution in [1.82, 2.24) is 19.5 Å². The molecule has 3 rings (SSSR count). The molecule has 0 bridgehead atoms. The fourth-order valence-corrected chi connectivity index (χ4v) is 2.47. The summed E-state index contributed by atoms with van der Waals surface area (Å²) < 4.78 is 13.1. The van der Waals surface area contributed by atoms with Gasteiger partial charge in [-0.05, 0) is 13.8 Å². The van der Waals surface area contributed by atoms with Gasteiger partial charge in [0, 0.05) is 6.61 Å². The van der Waals surface area contributed by atoms with Gasteiger partial charge in [-0.3, -0.25) is 4.57 Å². The molecule has 1 aliphatic heterocycles. The molecule has 20 heavy (non-hydrogen) atoms. The first kappa shape index (κ1) is 13.2. The van der Waals surface area contributed by atoms with E-state index < -0.39 is 18.4 Å². The molecule has 0 aromatic carbocycles. The van der Waals surface area contributed by atoms with Crippen LogP contribution in [0, 0.1) is 0 Å². The lowest BCUT2D eigenvalue weighted by atomic mass is 10.1. The molecule has 2 aromatic heterocycles. The Balaban J connectivity index is 2.03. The van der Waals surface area contributed by atoms with Gasteiger partial charge in [-0.2, -0.15) is 0 Å². The summed E-state index contributed by atoms with van der Waals surface area (Å²) in [6.45, 7) is 4.16. The predicted molar refractivity (Wildman–Crippen MR) is 70.7 cm³/mol. The zero-order chi connectivity index (χ0) is 14.3. The summed E-state index contributed by atoms with van der Waals surface area (Å²) in [5.74, 6) is 0.313. The molecule has 0 saturated carbocycles. The molecular weight excluding hydrogens is 262 g/mol. The summed E-state index contributed by atoms with van der Waals surface area (Å²) >= 11 is 0. The van der Waals surface area contributed by atoms with Crippen LogP contribution in [0.2, 0.25) is 0 Å². The van der Waals surface area contributed by atoms with Crippen LogP contribution in [-0.4, -0.2) is 49.5 Å². The van der Waals surface area contributed by atoms with Gasteiger partial charge in [-0.25, -0.2) is 15.0 Å². The average Bonchev–Trinajstić information content (AvgIpc) is 2.97. The average molecular weight is 279 g/mol. The molecule has 0 amide bonds. The molecule has 1 fully saturated rings. The summed E-state index contributed by atoms with van der Waals surface area (Å²) in [7, 11) is 0. The third kappa shape index (κ3) is 1.92. The Morgan fingerprint density at radius 1 is 1.45 bits per heavy atom. The molecule has 0 aliphatic carbocycles. The number of hydrogen-bond donors (Lipinski definition) is 2.